The average Bonchev–Trinajstić information content (AvgIpc) is 3.08. The highest BCUT2D eigenvalue weighted by molar-refractivity contribution is 6.01. The smallest absolute Gasteiger partial charge is 0.310 e. The molecule has 0 amide bonds. The third kappa shape index (κ3) is 3.65. The van der Waals surface area contributed by atoms with Crippen LogP contribution < -0.4 is 0 Å². The normalized spacial score (nSPS) is 40.8. The van der Waals surface area contributed by atoms with Crippen molar-refractivity contribution in [1.82, 2.24) is 0 Å². The summed E-state index contributed by atoms with van der Waals surface area (Å²) in [6, 6.07) is 0. The van der Waals surface area contributed by atoms with E-state index in [1.807, 2.05) is 12.2 Å². The number of hydrogen-bond donors (Lipinski definition) is 2. The molecule has 0 radical (unpaired) electrons. The summed E-state index contributed by atoms with van der Waals surface area (Å²) >= 11 is 0. The number of hydrogen-bond acceptors (Lipinski definition) is 3. The fourth-order valence-electron chi connectivity index (χ4n) is 7.78. The van der Waals surface area contributed by atoms with Gasteiger partial charge in [-0.1, -0.05) is 37.6 Å². The predicted octanol–water partition coefficient (Wildman–Crippen LogP) is 5.33. The van der Waals surface area contributed by atoms with Crippen molar-refractivity contribution in [1.29, 1.82) is 0 Å². The summed E-state index contributed by atoms with van der Waals surface area (Å²) in [5, 5.41) is 20.6. The van der Waals surface area contributed by atoms with E-state index >= 15 is 0 Å². The van der Waals surface area contributed by atoms with Crippen molar-refractivity contribution in [3.8, 4) is 0 Å². The highest BCUT2D eigenvalue weighted by Crippen LogP contribution is 2.67. The lowest BCUT2D eigenvalue weighted by Gasteiger charge is -2.56. The van der Waals surface area contributed by atoms with Crippen molar-refractivity contribution >= 4 is 11.8 Å². The largest absolute Gasteiger partial charge is 0.481 e. The van der Waals surface area contributed by atoms with Gasteiger partial charge in [-0.15, -0.1) is 0 Å². The molecule has 170 valence electrons. The maximum absolute atomic E-state index is 12.9. The third-order valence-electron chi connectivity index (χ3n) is 9.22. The molecule has 0 unspecified atom stereocenters. The molecule has 4 nitrogen and oxygen atoms in total. The van der Waals surface area contributed by atoms with Gasteiger partial charge in [-0.2, -0.15) is 0 Å². The molecule has 0 heterocycles. The van der Waals surface area contributed by atoms with E-state index in [1.165, 1.54) is 5.57 Å². The summed E-state index contributed by atoms with van der Waals surface area (Å²) in [4.78, 5) is 24.8. The van der Waals surface area contributed by atoms with Crippen molar-refractivity contribution in [3.63, 3.8) is 0 Å². The predicted molar refractivity (Wildman–Crippen MR) is 121 cm³/mol. The maximum atomic E-state index is 12.9. The average molecular weight is 427 g/mol. The second-order valence-electron chi connectivity index (χ2n) is 11.5. The number of carbonyl (C=O) groups is 2. The van der Waals surface area contributed by atoms with E-state index < -0.39 is 17.0 Å². The summed E-state index contributed by atoms with van der Waals surface area (Å²) in [7, 11) is 0. The van der Waals surface area contributed by atoms with Gasteiger partial charge >= 0.3 is 5.97 Å². The van der Waals surface area contributed by atoms with Crippen molar-refractivity contribution in [2.24, 2.45) is 40.4 Å². The van der Waals surface area contributed by atoms with Crippen molar-refractivity contribution in [3.05, 3.63) is 36.0 Å². The molecule has 31 heavy (non-hydrogen) atoms. The minimum absolute atomic E-state index is 0.0919. The number of aliphatic carboxylic acids is 1. The first-order valence-corrected chi connectivity index (χ1v) is 12.1. The number of rotatable bonds is 5. The van der Waals surface area contributed by atoms with Crippen LogP contribution in [0.1, 0.15) is 72.6 Å². The van der Waals surface area contributed by atoms with Gasteiger partial charge in [0, 0.05) is 5.41 Å². The van der Waals surface area contributed by atoms with E-state index in [1.54, 1.807) is 19.9 Å². The number of fused-ring (bicyclic) bond motifs is 5. The van der Waals surface area contributed by atoms with E-state index in [2.05, 4.69) is 26.0 Å². The molecule has 0 saturated heterocycles. The summed E-state index contributed by atoms with van der Waals surface area (Å²) < 4.78 is 0. The highest BCUT2D eigenvalue weighted by Gasteiger charge is 2.64. The Balaban J connectivity index is 1.61. The maximum Gasteiger partial charge on any atom is 0.310 e. The Morgan fingerprint density at radius 3 is 2.68 bits per heavy atom. The molecule has 0 spiro atoms. The van der Waals surface area contributed by atoms with Gasteiger partial charge in [0.2, 0.25) is 0 Å². The van der Waals surface area contributed by atoms with Crippen LogP contribution in [0.25, 0.3) is 0 Å². The number of allylic oxidation sites excluding steroid dienone is 5. The lowest BCUT2D eigenvalue weighted by atomic mass is 9.47. The third-order valence-corrected chi connectivity index (χ3v) is 9.22. The Kier molecular flexibility index (Phi) is 5.61. The molecule has 0 bridgehead atoms. The van der Waals surface area contributed by atoms with E-state index in [4.69, 9.17) is 0 Å². The van der Waals surface area contributed by atoms with Crippen LogP contribution in [0, 0.1) is 40.4 Å². The highest BCUT2D eigenvalue weighted by atomic mass is 16.4. The molecule has 0 aromatic rings. The van der Waals surface area contributed by atoms with Gasteiger partial charge in [0.05, 0.1) is 11.0 Å². The van der Waals surface area contributed by atoms with Crippen LogP contribution in [-0.4, -0.2) is 27.6 Å². The first-order chi connectivity index (χ1) is 14.5. The molecule has 4 heteroatoms. The quantitative estimate of drug-likeness (QED) is 0.583. The van der Waals surface area contributed by atoms with E-state index in [9.17, 15) is 19.8 Å². The minimum atomic E-state index is -0.741. The molecule has 4 aliphatic rings. The van der Waals surface area contributed by atoms with Crippen LogP contribution in [0.4, 0.5) is 0 Å². The fraction of sp³-hybridized carbons (Fsp3) is 0.704. The monoisotopic (exact) mass is 426 g/mol. The summed E-state index contributed by atoms with van der Waals surface area (Å²) in [5.41, 5.74) is -0.237. The lowest BCUT2D eigenvalue weighted by Crippen LogP contribution is -2.54. The van der Waals surface area contributed by atoms with Crippen LogP contribution in [-0.2, 0) is 9.59 Å². The Morgan fingerprint density at radius 2 is 2.00 bits per heavy atom. The van der Waals surface area contributed by atoms with Gasteiger partial charge in [0.1, 0.15) is 0 Å². The van der Waals surface area contributed by atoms with Crippen LogP contribution in [0.5, 0.6) is 0 Å². The minimum Gasteiger partial charge on any atom is -0.481 e. The van der Waals surface area contributed by atoms with Gasteiger partial charge in [0.25, 0.3) is 0 Å². The van der Waals surface area contributed by atoms with E-state index in [0.717, 1.165) is 38.5 Å². The number of aliphatic hydroxyl groups is 1. The summed E-state index contributed by atoms with van der Waals surface area (Å²) in [6.07, 6.45) is 15.9. The van der Waals surface area contributed by atoms with Gasteiger partial charge < -0.3 is 10.2 Å². The zero-order chi connectivity index (χ0) is 22.6. The van der Waals surface area contributed by atoms with Crippen molar-refractivity contribution in [2.45, 2.75) is 78.2 Å². The Hall–Kier alpha value is -1.68. The second kappa shape index (κ2) is 7.72. The number of carboxylic acids is 1. The fourth-order valence-corrected chi connectivity index (χ4v) is 7.78. The van der Waals surface area contributed by atoms with Crippen molar-refractivity contribution < 1.29 is 19.8 Å². The molecular formula is C27H38O4. The zero-order valence-electron chi connectivity index (χ0n) is 19.4. The van der Waals surface area contributed by atoms with Crippen LogP contribution in [0.3, 0.4) is 0 Å². The molecule has 4 rings (SSSR count). The van der Waals surface area contributed by atoms with E-state index in [-0.39, 0.29) is 29.0 Å². The van der Waals surface area contributed by atoms with Crippen molar-refractivity contribution in [2.75, 3.05) is 0 Å². The number of carboxylic acid groups (broad SMARTS) is 1. The van der Waals surface area contributed by atoms with Crippen LogP contribution >= 0.6 is 0 Å². The van der Waals surface area contributed by atoms with Gasteiger partial charge in [-0.3, -0.25) is 9.59 Å². The van der Waals surface area contributed by atoms with Gasteiger partial charge in [0.15, 0.2) is 5.78 Å². The molecule has 2 N–H and O–H groups in total. The molecule has 3 saturated carbocycles. The standard InChI is InChI=1S/C27H38O4/c1-17(6-5-13-25(2,3)31)21-9-10-23-20-8-7-18-16-19(28)11-14-26(18,4)22(20)12-15-27(21,23)24(29)30/h5-6,11,14,16-17,20-23,31H,7-10,12-13,15H2,1-4H3,(H,29,30)/t17-,20-,21-,22+,23+,26+,27+/m1/s1. The summed E-state index contributed by atoms with van der Waals surface area (Å²) in [6.45, 7) is 8.02. The molecule has 0 aliphatic heterocycles. The SMILES string of the molecule is C[C@H](C=CCC(C)(C)O)[C@H]1CC[C@H]2[C@@H]3CCC4=CC(=O)C=C[C@]4(C)[C@H]3CC[C@]12C(=O)O. The Labute approximate surface area is 186 Å². The first-order valence-electron chi connectivity index (χ1n) is 12.1. The van der Waals surface area contributed by atoms with E-state index in [0.29, 0.717) is 18.3 Å². The molecule has 7 atom stereocenters. The summed E-state index contributed by atoms with van der Waals surface area (Å²) in [5.74, 6) is 0.847. The van der Waals surface area contributed by atoms with Crippen LogP contribution in [0.15, 0.2) is 36.0 Å². The molecule has 3 fully saturated rings. The molecule has 0 aromatic heterocycles. The number of carbonyl (C=O) groups excluding carboxylic acids is 1. The van der Waals surface area contributed by atoms with Gasteiger partial charge in [-0.05, 0) is 101 Å². The molecular weight excluding hydrogens is 388 g/mol. The first kappa shape index (κ1) is 22.5. The molecule has 0 aromatic carbocycles. The topological polar surface area (TPSA) is 74.6 Å². The molecule has 4 aliphatic carbocycles. The van der Waals surface area contributed by atoms with Gasteiger partial charge in [-0.25, -0.2) is 0 Å². The Bertz CT molecular complexity index is 844. The number of ketones is 1. The lowest BCUT2D eigenvalue weighted by molar-refractivity contribution is -0.165. The van der Waals surface area contributed by atoms with Crippen LogP contribution in [0.2, 0.25) is 0 Å². The zero-order valence-corrected chi connectivity index (χ0v) is 19.4. The Morgan fingerprint density at radius 1 is 1.26 bits per heavy atom. The second-order valence-corrected chi connectivity index (χ2v) is 11.5.